The molecule has 1 aliphatic heterocycles. The van der Waals surface area contributed by atoms with Crippen molar-refractivity contribution in [3.63, 3.8) is 0 Å². The summed E-state index contributed by atoms with van der Waals surface area (Å²) in [5.41, 5.74) is 1.06. The fourth-order valence-electron chi connectivity index (χ4n) is 2.90. The van der Waals surface area contributed by atoms with Gasteiger partial charge >= 0.3 is 0 Å². The normalized spacial score (nSPS) is 15.4. The van der Waals surface area contributed by atoms with Crippen LogP contribution >= 0.6 is 0 Å². The van der Waals surface area contributed by atoms with Gasteiger partial charge in [0.15, 0.2) is 5.43 Å². The minimum atomic E-state index is -0.391. The quantitative estimate of drug-likeness (QED) is 0.806. The van der Waals surface area contributed by atoms with Crippen molar-refractivity contribution >= 4 is 23.0 Å². The van der Waals surface area contributed by atoms with Crippen molar-refractivity contribution in [1.29, 1.82) is 0 Å². The lowest BCUT2D eigenvalue weighted by atomic mass is 10.1. The Labute approximate surface area is 127 Å². The van der Waals surface area contributed by atoms with Crippen LogP contribution in [-0.4, -0.2) is 42.1 Å². The second-order valence-electron chi connectivity index (χ2n) is 5.42. The number of carbonyl (C=O) groups excluding carboxylic acids is 1. The summed E-state index contributed by atoms with van der Waals surface area (Å²) in [6.45, 7) is 5.03. The maximum atomic E-state index is 14.4. The number of carbonyl (C=O) groups is 1. The summed E-state index contributed by atoms with van der Waals surface area (Å²) in [6.07, 6.45) is 2.56. The zero-order chi connectivity index (χ0) is 15.7. The number of piperazine rings is 1. The number of anilines is 1. The van der Waals surface area contributed by atoms with Gasteiger partial charge in [-0.1, -0.05) is 0 Å². The molecule has 1 fully saturated rings. The van der Waals surface area contributed by atoms with Crippen molar-refractivity contribution in [1.82, 2.24) is 9.47 Å². The van der Waals surface area contributed by atoms with E-state index in [1.165, 1.54) is 12.1 Å². The molecule has 0 saturated carbocycles. The maximum Gasteiger partial charge on any atom is 0.209 e. The second kappa shape index (κ2) is 5.79. The lowest BCUT2D eigenvalue weighted by molar-refractivity contribution is -0.118. The number of benzene rings is 1. The Kier molecular flexibility index (Phi) is 3.83. The summed E-state index contributed by atoms with van der Waals surface area (Å²) in [4.78, 5) is 26.3. The smallest absolute Gasteiger partial charge is 0.209 e. The van der Waals surface area contributed by atoms with Gasteiger partial charge in [-0.05, 0) is 19.1 Å². The van der Waals surface area contributed by atoms with E-state index in [1.54, 1.807) is 17.2 Å². The molecule has 0 atom stereocenters. The van der Waals surface area contributed by atoms with Crippen molar-refractivity contribution in [3.8, 4) is 0 Å². The third-order valence-corrected chi connectivity index (χ3v) is 4.19. The minimum Gasteiger partial charge on any atom is -0.366 e. The van der Waals surface area contributed by atoms with Crippen LogP contribution < -0.4 is 10.3 Å². The highest BCUT2D eigenvalue weighted by atomic mass is 19.1. The fraction of sp³-hybridized carbons (Fsp3) is 0.375. The summed E-state index contributed by atoms with van der Waals surface area (Å²) >= 11 is 0. The summed E-state index contributed by atoms with van der Waals surface area (Å²) < 4.78 is 16.4. The molecule has 1 saturated heterocycles. The number of nitrogens with zero attached hydrogens (tertiary/aromatic N) is 3. The molecule has 1 aromatic heterocycles. The van der Waals surface area contributed by atoms with Crippen molar-refractivity contribution in [2.75, 3.05) is 31.1 Å². The van der Waals surface area contributed by atoms with Gasteiger partial charge in [0.2, 0.25) is 6.41 Å². The van der Waals surface area contributed by atoms with E-state index >= 15 is 0 Å². The average Bonchev–Trinajstić information content (AvgIpc) is 2.55. The van der Waals surface area contributed by atoms with E-state index in [-0.39, 0.29) is 5.43 Å². The van der Waals surface area contributed by atoms with Crippen LogP contribution in [0.3, 0.4) is 0 Å². The highest BCUT2D eigenvalue weighted by Gasteiger charge is 2.20. The molecule has 1 aliphatic rings. The Balaban J connectivity index is 2.05. The highest BCUT2D eigenvalue weighted by Crippen LogP contribution is 2.25. The van der Waals surface area contributed by atoms with Gasteiger partial charge in [0, 0.05) is 50.4 Å². The summed E-state index contributed by atoms with van der Waals surface area (Å²) in [7, 11) is 0. The molecule has 3 rings (SSSR count). The van der Waals surface area contributed by atoms with Crippen LogP contribution in [0.1, 0.15) is 6.92 Å². The molecule has 0 aliphatic carbocycles. The van der Waals surface area contributed by atoms with Crippen LogP contribution in [-0.2, 0) is 11.3 Å². The molecule has 0 unspecified atom stereocenters. The molecule has 116 valence electrons. The largest absolute Gasteiger partial charge is 0.366 e. The lowest BCUT2D eigenvalue weighted by Crippen LogP contribution is -2.46. The van der Waals surface area contributed by atoms with Crippen LogP contribution in [0, 0.1) is 5.82 Å². The molecule has 1 amide bonds. The fourth-order valence-corrected chi connectivity index (χ4v) is 2.90. The maximum absolute atomic E-state index is 14.4. The SMILES string of the molecule is CCn1ccc(=O)c2cc(F)c(N3CCN(C=O)CC3)cc21. The van der Waals surface area contributed by atoms with Gasteiger partial charge in [0.05, 0.1) is 11.2 Å². The van der Waals surface area contributed by atoms with Crippen LogP contribution in [0.25, 0.3) is 10.9 Å². The number of aryl methyl sites for hydroxylation is 1. The van der Waals surface area contributed by atoms with Gasteiger partial charge in [-0.15, -0.1) is 0 Å². The standard InChI is InChI=1S/C16H18FN3O2/c1-2-19-4-3-16(22)12-9-13(17)15(10-14(12)19)20-7-5-18(11-21)6-8-20/h3-4,9-11H,2,5-8H2,1H3. The van der Waals surface area contributed by atoms with Gasteiger partial charge in [0.1, 0.15) is 5.82 Å². The molecule has 2 aromatic rings. The first-order chi connectivity index (χ1) is 10.6. The predicted molar refractivity (Wildman–Crippen MR) is 83.7 cm³/mol. The van der Waals surface area contributed by atoms with Crippen LogP contribution in [0.2, 0.25) is 0 Å². The van der Waals surface area contributed by atoms with Crippen molar-refractivity contribution < 1.29 is 9.18 Å². The van der Waals surface area contributed by atoms with E-state index < -0.39 is 5.82 Å². The number of pyridine rings is 1. The van der Waals surface area contributed by atoms with E-state index in [0.717, 1.165) is 11.9 Å². The Morgan fingerprint density at radius 1 is 1.23 bits per heavy atom. The monoisotopic (exact) mass is 303 g/mol. The Bertz CT molecular complexity index is 764. The first-order valence-electron chi connectivity index (χ1n) is 7.41. The molecule has 22 heavy (non-hydrogen) atoms. The van der Waals surface area contributed by atoms with Gasteiger partial charge in [0.25, 0.3) is 0 Å². The number of aromatic nitrogens is 1. The van der Waals surface area contributed by atoms with Crippen LogP contribution in [0.5, 0.6) is 0 Å². The van der Waals surface area contributed by atoms with Gasteiger partial charge in [-0.25, -0.2) is 4.39 Å². The first-order valence-corrected chi connectivity index (χ1v) is 7.41. The molecule has 2 heterocycles. The number of hydrogen-bond donors (Lipinski definition) is 0. The van der Waals surface area contributed by atoms with Crippen molar-refractivity contribution in [3.05, 3.63) is 40.4 Å². The van der Waals surface area contributed by atoms with Gasteiger partial charge in [-0.2, -0.15) is 0 Å². The van der Waals surface area contributed by atoms with E-state index in [9.17, 15) is 14.0 Å². The minimum absolute atomic E-state index is 0.170. The molecular weight excluding hydrogens is 285 g/mol. The number of fused-ring (bicyclic) bond motifs is 1. The van der Waals surface area contributed by atoms with Gasteiger partial charge < -0.3 is 14.4 Å². The summed E-state index contributed by atoms with van der Waals surface area (Å²) in [5.74, 6) is -0.391. The topological polar surface area (TPSA) is 45.6 Å². The van der Waals surface area contributed by atoms with E-state index in [4.69, 9.17) is 0 Å². The zero-order valence-corrected chi connectivity index (χ0v) is 12.5. The predicted octanol–water partition coefficient (Wildman–Crippen LogP) is 1.44. The molecule has 0 N–H and O–H groups in total. The summed E-state index contributed by atoms with van der Waals surface area (Å²) in [6, 6.07) is 4.53. The van der Waals surface area contributed by atoms with Gasteiger partial charge in [-0.3, -0.25) is 9.59 Å². The Morgan fingerprint density at radius 2 is 1.95 bits per heavy atom. The average molecular weight is 303 g/mol. The zero-order valence-electron chi connectivity index (χ0n) is 12.5. The third kappa shape index (κ3) is 2.45. The molecule has 0 bridgehead atoms. The summed E-state index contributed by atoms with van der Waals surface area (Å²) in [5, 5.41) is 0.400. The number of amides is 1. The van der Waals surface area contributed by atoms with Crippen molar-refractivity contribution in [2.24, 2.45) is 0 Å². The van der Waals surface area contributed by atoms with E-state index in [0.29, 0.717) is 43.8 Å². The molecule has 0 radical (unpaired) electrons. The number of halogens is 1. The number of hydrogen-bond acceptors (Lipinski definition) is 3. The molecule has 6 heteroatoms. The molecule has 5 nitrogen and oxygen atoms in total. The van der Waals surface area contributed by atoms with E-state index in [1.807, 2.05) is 16.4 Å². The lowest BCUT2D eigenvalue weighted by Gasteiger charge is -2.34. The Morgan fingerprint density at radius 3 is 2.59 bits per heavy atom. The second-order valence-corrected chi connectivity index (χ2v) is 5.42. The molecule has 0 spiro atoms. The molecular formula is C16H18FN3O2. The van der Waals surface area contributed by atoms with Crippen LogP contribution in [0.15, 0.2) is 29.2 Å². The van der Waals surface area contributed by atoms with Crippen molar-refractivity contribution in [2.45, 2.75) is 13.5 Å². The number of rotatable bonds is 3. The molecule has 1 aromatic carbocycles. The highest BCUT2D eigenvalue weighted by molar-refractivity contribution is 5.83. The first kappa shape index (κ1) is 14.6. The van der Waals surface area contributed by atoms with Crippen LogP contribution in [0.4, 0.5) is 10.1 Å². The van der Waals surface area contributed by atoms with E-state index in [2.05, 4.69) is 0 Å². The Hall–Kier alpha value is -2.37. The third-order valence-electron chi connectivity index (χ3n) is 4.19.